The highest BCUT2D eigenvalue weighted by atomic mass is 16.2. The number of aromatic nitrogens is 3. The molecule has 0 N–H and O–H groups in total. The lowest BCUT2D eigenvalue weighted by Gasteiger charge is -2.29. The Kier molecular flexibility index (Phi) is 7.40. The maximum absolute atomic E-state index is 13.5. The molecule has 0 radical (unpaired) electrons. The van der Waals surface area contributed by atoms with Crippen molar-refractivity contribution >= 4 is 17.5 Å². The van der Waals surface area contributed by atoms with Gasteiger partial charge in [-0.2, -0.15) is 5.10 Å². The number of hydrogen-bond acceptors (Lipinski definition) is 4. The summed E-state index contributed by atoms with van der Waals surface area (Å²) in [5, 5.41) is 4.48. The molecular formula is C27H33N5O2. The van der Waals surface area contributed by atoms with Crippen molar-refractivity contribution in [2.24, 2.45) is 0 Å². The molecule has 0 saturated heterocycles. The van der Waals surface area contributed by atoms with Crippen molar-refractivity contribution in [1.29, 1.82) is 0 Å². The lowest BCUT2D eigenvalue weighted by molar-refractivity contribution is -0.116. The van der Waals surface area contributed by atoms with Crippen molar-refractivity contribution in [3.63, 3.8) is 0 Å². The molecule has 0 bridgehead atoms. The van der Waals surface area contributed by atoms with Crippen LogP contribution < -0.4 is 4.90 Å². The van der Waals surface area contributed by atoms with E-state index in [2.05, 4.69) is 10.1 Å². The van der Waals surface area contributed by atoms with Gasteiger partial charge in [-0.25, -0.2) is 9.67 Å². The standard InChI is InChI=1S/C27H33N5O2/c1-20-17-21(2)32(29-20)26-14-13-23(18-28-26)27(34)30-15-9-5-4-6-10-16-31(22(3)33)25-12-8-7-11-24(25)19-30/h7-8,11-14,17-18H,4-6,9-10,15-16,19H2,1-3H3. The van der Waals surface area contributed by atoms with Crippen molar-refractivity contribution < 1.29 is 9.59 Å². The highest BCUT2D eigenvalue weighted by Gasteiger charge is 2.21. The topological polar surface area (TPSA) is 71.3 Å². The van der Waals surface area contributed by atoms with Gasteiger partial charge in [0, 0.05) is 44.1 Å². The summed E-state index contributed by atoms with van der Waals surface area (Å²) in [5.41, 5.74) is 4.36. The molecule has 4 rings (SSSR count). The Morgan fingerprint density at radius 2 is 1.65 bits per heavy atom. The maximum Gasteiger partial charge on any atom is 0.255 e. The molecule has 1 aromatic carbocycles. The van der Waals surface area contributed by atoms with Crippen LogP contribution in [0.3, 0.4) is 0 Å². The Labute approximate surface area is 201 Å². The van der Waals surface area contributed by atoms with Crippen LogP contribution in [0.25, 0.3) is 5.82 Å². The summed E-state index contributed by atoms with van der Waals surface area (Å²) in [6, 6.07) is 13.6. The van der Waals surface area contributed by atoms with Gasteiger partial charge in [0.2, 0.25) is 5.91 Å². The molecule has 3 aromatic rings. The van der Waals surface area contributed by atoms with Crippen LogP contribution in [0.5, 0.6) is 0 Å². The van der Waals surface area contributed by atoms with Crippen molar-refractivity contribution in [3.05, 3.63) is 71.2 Å². The smallest absolute Gasteiger partial charge is 0.255 e. The number of rotatable bonds is 2. The molecule has 1 aliphatic heterocycles. The number of para-hydroxylation sites is 1. The Bertz CT molecular complexity index is 1150. The highest BCUT2D eigenvalue weighted by molar-refractivity contribution is 5.95. The second-order valence-corrected chi connectivity index (χ2v) is 9.04. The number of nitrogens with zero attached hydrogens (tertiary/aromatic N) is 5. The molecule has 0 aliphatic carbocycles. The Morgan fingerprint density at radius 1 is 0.912 bits per heavy atom. The Hall–Kier alpha value is -3.48. The minimum atomic E-state index is -0.0475. The Balaban J connectivity index is 1.61. The molecule has 0 fully saturated rings. The third kappa shape index (κ3) is 5.35. The summed E-state index contributed by atoms with van der Waals surface area (Å²) in [6.07, 6.45) is 6.84. The normalized spacial score (nSPS) is 15.3. The summed E-state index contributed by atoms with van der Waals surface area (Å²) in [7, 11) is 0. The molecule has 0 spiro atoms. The minimum Gasteiger partial charge on any atom is -0.334 e. The summed E-state index contributed by atoms with van der Waals surface area (Å²) in [4.78, 5) is 34.2. The first-order valence-electron chi connectivity index (χ1n) is 12.1. The van der Waals surface area contributed by atoms with E-state index in [0.29, 0.717) is 31.0 Å². The van der Waals surface area contributed by atoms with Gasteiger partial charge in [-0.15, -0.1) is 0 Å². The van der Waals surface area contributed by atoms with Gasteiger partial charge in [0.25, 0.3) is 5.91 Å². The van der Waals surface area contributed by atoms with Crippen LogP contribution in [0.15, 0.2) is 48.7 Å². The fourth-order valence-electron chi connectivity index (χ4n) is 4.60. The average Bonchev–Trinajstić information content (AvgIpc) is 3.16. The maximum atomic E-state index is 13.5. The molecule has 34 heavy (non-hydrogen) atoms. The number of aryl methyl sites for hydroxylation is 2. The van der Waals surface area contributed by atoms with Gasteiger partial charge in [0.15, 0.2) is 5.82 Å². The van der Waals surface area contributed by atoms with E-state index in [0.717, 1.165) is 54.7 Å². The van der Waals surface area contributed by atoms with Gasteiger partial charge in [0.05, 0.1) is 11.3 Å². The second-order valence-electron chi connectivity index (χ2n) is 9.04. The summed E-state index contributed by atoms with van der Waals surface area (Å²) < 4.78 is 1.78. The van der Waals surface area contributed by atoms with E-state index in [4.69, 9.17) is 0 Å². The molecule has 3 heterocycles. The number of hydrogen-bond donors (Lipinski definition) is 0. The van der Waals surface area contributed by atoms with E-state index in [9.17, 15) is 9.59 Å². The lowest BCUT2D eigenvalue weighted by atomic mass is 10.1. The monoisotopic (exact) mass is 459 g/mol. The third-order valence-corrected chi connectivity index (χ3v) is 6.34. The van der Waals surface area contributed by atoms with E-state index < -0.39 is 0 Å². The van der Waals surface area contributed by atoms with Crippen LogP contribution in [0.1, 0.15) is 66.3 Å². The van der Waals surface area contributed by atoms with Crippen molar-refractivity contribution in [1.82, 2.24) is 19.7 Å². The predicted octanol–water partition coefficient (Wildman–Crippen LogP) is 4.84. The number of amides is 2. The SMILES string of the molecule is CC(=O)N1CCCCCCCN(C(=O)c2ccc(-n3nc(C)cc3C)nc2)Cc2ccccc21. The number of anilines is 1. The van der Waals surface area contributed by atoms with Crippen molar-refractivity contribution in [2.45, 2.75) is 59.4 Å². The second kappa shape index (κ2) is 10.6. The van der Waals surface area contributed by atoms with Gasteiger partial charge in [-0.3, -0.25) is 9.59 Å². The van der Waals surface area contributed by atoms with Crippen LogP contribution in [-0.4, -0.2) is 44.6 Å². The summed E-state index contributed by atoms with van der Waals surface area (Å²) >= 11 is 0. The van der Waals surface area contributed by atoms with Gasteiger partial charge < -0.3 is 9.80 Å². The highest BCUT2D eigenvalue weighted by Crippen LogP contribution is 2.25. The molecule has 178 valence electrons. The first-order chi connectivity index (χ1) is 16.4. The van der Waals surface area contributed by atoms with Crippen molar-refractivity contribution in [2.75, 3.05) is 18.0 Å². The van der Waals surface area contributed by atoms with Gasteiger partial charge in [0.1, 0.15) is 0 Å². The third-order valence-electron chi connectivity index (χ3n) is 6.34. The lowest BCUT2D eigenvalue weighted by Crippen LogP contribution is -2.34. The van der Waals surface area contributed by atoms with E-state index >= 15 is 0 Å². The molecule has 7 nitrogen and oxygen atoms in total. The molecule has 0 saturated carbocycles. The van der Waals surface area contributed by atoms with Gasteiger partial charge in [-0.1, -0.05) is 37.5 Å². The first-order valence-corrected chi connectivity index (χ1v) is 12.1. The zero-order chi connectivity index (χ0) is 24.1. The zero-order valence-electron chi connectivity index (χ0n) is 20.3. The van der Waals surface area contributed by atoms with E-state index in [1.165, 1.54) is 0 Å². The van der Waals surface area contributed by atoms with E-state index in [1.54, 1.807) is 17.8 Å². The Morgan fingerprint density at radius 3 is 2.32 bits per heavy atom. The number of pyridine rings is 1. The minimum absolute atomic E-state index is 0.0336. The van der Waals surface area contributed by atoms with Crippen LogP contribution in [0, 0.1) is 13.8 Å². The molecule has 2 aromatic heterocycles. The number of fused-ring (bicyclic) bond motifs is 1. The fraction of sp³-hybridized carbons (Fsp3) is 0.407. The van der Waals surface area contributed by atoms with Crippen LogP contribution in [-0.2, 0) is 11.3 Å². The van der Waals surface area contributed by atoms with E-state index in [-0.39, 0.29) is 11.8 Å². The van der Waals surface area contributed by atoms with Crippen LogP contribution in [0.2, 0.25) is 0 Å². The fourth-order valence-corrected chi connectivity index (χ4v) is 4.60. The molecule has 2 amide bonds. The number of carbonyl (C=O) groups is 2. The number of carbonyl (C=O) groups excluding carboxylic acids is 2. The van der Waals surface area contributed by atoms with Gasteiger partial charge in [-0.05, 0) is 56.5 Å². The molecular weight excluding hydrogens is 426 g/mol. The first kappa shape index (κ1) is 23.7. The number of benzene rings is 1. The quantitative estimate of drug-likeness (QED) is 0.550. The average molecular weight is 460 g/mol. The molecule has 0 unspecified atom stereocenters. The van der Waals surface area contributed by atoms with Crippen LogP contribution >= 0.6 is 0 Å². The molecule has 0 atom stereocenters. The summed E-state index contributed by atoms with van der Waals surface area (Å²) in [6.45, 7) is 7.38. The largest absolute Gasteiger partial charge is 0.334 e. The molecule has 7 heteroatoms. The van der Waals surface area contributed by atoms with Crippen LogP contribution in [0.4, 0.5) is 5.69 Å². The van der Waals surface area contributed by atoms with Crippen molar-refractivity contribution in [3.8, 4) is 5.82 Å². The predicted molar refractivity (Wildman–Crippen MR) is 133 cm³/mol. The van der Waals surface area contributed by atoms with E-state index in [1.807, 2.05) is 66.1 Å². The summed E-state index contributed by atoms with van der Waals surface area (Å²) in [5.74, 6) is 0.679. The zero-order valence-corrected chi connectivity index (χ0v) is 20.3. The van der Waals surface area contributed by atoms with Gasteiger partial charge >= 0.3 is 0 Å². The molecule has 1 aliphatic rings.